The second-order valence-corrected chi connectivity index (χ2v) is 8.06. The van der Waals surface area contributed by atoms with Crippen LogP contribution >= 0.6 is 0 Å². The Balaban J connectivity index is 1.70. The van der Waals surface area contributed by atoms with E-state index >= 15 is 0 Å². The molecule has 1 aliphatic heterocycles. The van der Waals surface area contributed by atoms with E-state index in [1.807, 2.05) is 18.2 Å². The zero-order valence-corrected chi connectivity index (χ0v) is 15.5. The van der Waals surface area contributed by atoms with Gasteiger partial charge in [0.15, 0.2) is 0 Å². The fraction of sp³-hybridized carbons (Fsp3) is 0.500. The minimum Gasteiger partial charge on any atom is -0.339 e. The molecule has 0 aliphatic carbocycles. The van der Waals surface area contributed by atoms with Gasteiger partial charge in [0, 0.05) is 32.7 Å². The van der Waals surface area contributed by atoms with Crippen molar-refractivity contribution in [1.29, 1.82) is 0 Å². The molecule has 0 atom stereocenters. The van der Waals surface area contributed by atoms with Gasteiger partial charge in [0.2, 0.25) is 15.9 Å². The highest BCUT2D eigenvalue weighted by molar-refractivity contribution is 7.89. The van der Waals surface area contributed by atoms with Crippen LogP contribution in [0.25, 0.3) is 6.08 Å². The first-order chi connectivity index (χ1) is 12.0. The van der Waals surface area contributed by atoms with Crippen LogP contribution in [0.2, 0.25) is 0 Å². The van der Waals surface area contributed by atoms with E-state index in [-0.39, 0.29) is 18.2 Å². The molecule has 0 aromatic heterocycles. The number of carbonyl (C=O) groups excluding carboxylic acids is 1. The van der Waals surface area contributed by atoms with Crippen molar-refractivity contribution in [3.05, 3.63) is 42.0 Å². The SMILES string of the molecule is CCCS(=O)(=O)NCC(=O)N1CCN(C/C=C/c2ccccc2)CC1. The summed E-state index contributed by atoms with van der Waals surface area (Å²) in [5.41, 5.74) is 1.18. The van der Waals surface area contributed by atoms with Crippen LogP contribution < -0.4 is 4.72 Å². The second kappa shape index (κ2) is 9.70. The molecule has 1 amide bonds. The summed E-state index contributed by atoms with van der Waals surface area (Å²) >= 11 is 0. The van der Waals surface area contributed by atoms with E-state index in [0.29, 0.717) is 19.5 Å². The van der Waals surface area contributed by atoms with Gasteiger partial charge in [-0.25, -0.2) is 13.1 Å². The van der Waals surface area contributed by atoms with Crippen LogP contribution in [-0.4, -0.2) is 69.1 Å². The number of benzene rings is 1. The Morgan fingerprint density at radius 2 is 1.84 bits per heavy atom. The standard InChI is InChI=1S/C18H27N3O3S/c1-2-15-25(23,24)19-16-18(22)21-13-11-20(12-14-21)10-6-9-17-7-4-3-5-8-17/h3-9,19H,2,10-16H2,1H3/b9-6+. The minimum absolute atomic E-state index is 0.0573. The number of nitrogens with one attached hydrogen (secondary N) is 1. The molecule has 1 aliphatic rings. The van der Waals surface area contributed by atoms with Gasteiger partial charge in [-0.05, 0) is 12.0 Å². The van der Waals surface area contributed by atoms with Gasteiger partial charge in [0.1, 0.15) is 0 Å². The van der Waals surface area contributed by atoms with Crippen LogP contribution in [0.15, 0.2) is 36.4 Å². The highest BCUT2D eigenvalue weighted by atomic mass is 32.2. The summed E-state index contributed by atoms with van der Waals surface area (Å²) < 4.78 is 25.6. The molecule has 0 bridgehead atoms. The molecular formula is C18H27N3O3S. The first kappa shape index (κ1) is 19.6. The largest absolute Gasteiger partial charge is 0.339 e. The summed E-state index contributed by atoms with van der Waals surface area (Å²) in [6, 6.07) is 10.1. The molecule has 138 valence electrons. The molecule has 0 radical (unpaired) electrons. The van der Waals surface area contributed by atoms with Crippen LogP contribution in [0, 0.1) is 0 Å². The molecule has 0 spiro atoms. The normalized spacial score (nSPS) is 16.4. The number of amides is 1. The summed E-state index contributed by atoms with van der Waals surface area (Å²) in [7, 11) is -3.33. The maximum Gasteiger partial charge on any atom is 0.237 e. The number of hydrogen-bond acceptors (Lipinski definition) is 4. The molecule has 6 nitrogen and oxygen atoms in total. The van der Waals surface area contributed by atoms with Crippen LogP contribution in [0.3, 0.4) is 0 Å². The molecule has 1 heterocycles. The highest BCUT2D eigenvalue weighted by Crippen LogP contribution is 2.05. The predicted molar refractivity (Wildman–Crippen MR) is 101 cm³/mol. The second-order valence-electron chi connectivity index (χ2n) is 6.13. The number of nitrogens with zero attached hydrogens (tertiary/aromatic N) is 2. The third-order valence-corrected chi connectivity index (χ3v) is 5.64. The zero-order valence-electron chi connectivity index (χ0n) is 14.7. The summed E-state index contributed by atoms with van der Waals surface area (Å²) in [5, 5.41) is 0. The average Bonchev–Trinajstić information content (AvgIpc) is 2.61. The maximum absolute atomic E-state index is 12.1. The van der Waals surface area contributed by atoms with Gasteiger partial charge in [-0.3, -0.25) is 9.69 Å². The van der Waals surface area contributed by atoms with Crippen molar-refractivity contribution < 1.29 is 13.2 Å². The summed E-state index contributed by atoms with van der Waals surface area (Å²) in [4.78, 5) is 16.1. The lowest BCUT2D eigenvalue weighted by atomic mass is 10.2. The van der Waals surface area contributed by atoms with Gasteiger partial charge in [-0.2, -0.15) is 0 Å². The lowest BCUT2D eigenvalue weighted by Crippen LogP contribution is -2.51. The molecule has 0 saturated carbocycles. The molecule has 1 N–H and O–H groups in total. The summed E-state index contributed by atoms with van der Waals surface area (Å²) in [6.07, 6.45) is 4.77. The third kappa shape index (κ3) is 6.97. The van der Waals surface area contributed by atoms with Gasteiger partial charge < -0.3 is 4.90 Å². The van der Waals surface area contributed by atoms with E-state index < -0.39 is 10.0 Å². The number of piperazine rings is 1. The van der Waals surface area contributed by atoms with Crippen LogP contribution in [0.1, 0.15) is 18.9 Å². The Kier molecular flexibility index (Phi) is 7.61. The van der Waals surface area contributed by atoms with Gasteiger partial charge in [-0.15, -0.1) is 0 Å². The third-order valence-electron chi connectivity index (χ3n) is 4.11. The fourth-order valence-corrected chi connectivity index (χ4v) is 3.73. The molecule has 1 saturated heterocycles. The van der Waals surface area contributed by atoms with Crippen molar-refractivity contribution in [2.45, 2.75) is 13.3 Å². The Labute approximate surface area is 150 Å². The molecule has 7 heteroatoms. The number of sulfonamides is 1. The Hall–Kier alpha value is -1.70. The molecule has 1 fully saturated rings. The zero-order chi connectivity index (χ0) is 18.1. The maximum atomic E-state index is 12.1. The van der Waals surface area contributed by atoms with Crippen molar-refractivity contribution in [1.82, 2.24) is 14.5 Å². The van der Waals surface area contributed by atoms with Crippen molar-refractivity contribution in [2.24, 2.45) is 0 Å². The summed E-state index contributed by atoms with van der Waals surface area (Å²) in [5.74, 6) is -0.0962. The quantitative estimate of drug-likeness (QED) is 0.751. The van der Waals surface area contributed by atoms with Crippen molar-refractivity contribution in [3.63, 3.8) is 0 Å². The summed E-state index contributed by atoms with van der Waals surface area (Å²) in [6.45, 7) is 5.36. The van der Waals surface area contributed by atoms with Gasteiger partial charge in [-0.1, -0.05) is 49.4 Å². The van der Waals surface area contributed by atoms with Gasteiger partial charge >= 0.3 is 0 Å². The van der Waals surface area contributed by atoms with Crippen molar-refractivity contribution in [2.75, 3.05) is 45.0 Å². The van der Waals surface area contributed by atoms with E-state index in [4.69, 9.17) is 0 Å². The lowest BCUT2D eigenvalue weighted by molar-refractivity contribution is -0.131. The number of hydrogen-bond donors (Lipinski definition) is 1. The van der Waals surface area contributed by atoms with Crippen molar-refractivity contribution in [3.8, 4) is 0 Å². The Bertz CT molecular complexity index is 666. The molecule has 25 heavy (non-hydrogen) atoms. The van der Waals surface area contributed by atoms with E-state index in [0.717, 1.165) is 19.6 Å². The highest BCUT2D eigenvalue weighted by Gasteiger charge is 2.21. The van der Waals surface area contributed by atoms with E-state index in [9.17, 15) is 13.2 Å². The van der Waals surface area contributed by atoms with Crippen LogP contribution in [-0.2, 0) is 14.8 Å². The minimum atomic E-state index is -3.33. The predicted octanol–water partition coefficient (Wildman–Crippen LogP) is 1.17. The van der Waals surface area contributed by atoms with Gasteiger partial charge in [0.05, 0.1) is 12.3 Å². The molecule has 0 unspecified atom stereocenters. The molecule has 1 aromatic carbocycles. The van der Waals surface area contributed by atoms with E-state index in [1.165, 1.54) is 5.56 Å². The van der Waals surface area contributed by atoms with Crippen LogP contribution in [0.4, 0.5) is 0 Å². The molecule has 1 aromatic rings. The van der Waals surface area contributed by atoms with Gasteiger partial charge in [0.25, 0.3) is 0 Å². The first-order valence-corrected chi connectivity index (χ1v) is 10.3. The molecular weight excluding hydrogens is 338 g/mol. The lowest BCUT2D eigenvalue weighted by Gasteiger charge is -2.34. The van der Waals surface area contributed by atoms with E-state index in [2.05, 4.69) is 33.9 Å². The average molecular weight is 365 g/mol. The first-order valence-electron chi connectivity index (χ1n) is 8.69. The van der Waals surface area contributed by atoms with Crippen molar-refractivity contribution >= 4 is 22.0 Å². The topological polar surface area (TPSA) is 69.7 Å². The number of carbonyl (C=O) groups is 1. The van der Waals surface area contributed by atoms with Crippen LogP contribution in [0.5, 0.6) is 0 Å². The monoisotopic (exact) mass is 365 g/mol. The Morgan fingerprint density at radius 3 is 2.48 bits per heavy atom. The number of rotatable bonds is 8. The van der Waals surface area contributed by atoms with E-state index in [1.54, 1.807) is 11.8 Å². The molecule has 2 rings (SSSR count). The smallest absolute Gasteiger partial charge is 0.237 e. The Morgan fingerprint density at radius 1 is 1.16 bits per heavy atom. The fourth-order valence-electron chi connectivity index (χ4n) is 2.71.